The molecule has 1 aliphatic rings. The van der Waals surface area contributed by atoms with Gasteiger partial charge in [0.25, 0.3) is 5.91 Å². The van der Waals surface area contributed by atoms with Crippen LogP contribution in [0.4, 0.5) is 0 Å². The molecule has 0 aliphatic heterocycles. The van der Waals surface area contributed by atoms with Crippen molar-refractivity contribution in [1.29, 1.82) is 0 Å². The molecule has 1 amide bonds. The number of nitrogens with zero attached hydrogens (tertiary/aromatic N) is 3. The van der Waals surface area contributed by atoms with E-state index in [1.165, 1.54) is 12.8 Å². The van der Waals surface area contributed by atoms with Crippen LogP contribution in [-0.4, -0.2) is 33.9 Å². The molecular formula is C14H21N3O. The van der Waals surface area contributed by atoms with Gasteiger partial charge >= 0.3 is 0 Å². The van der Waals surface area contributed by atoms with Gasteiger partial charge < -0.3 is 4.90 Å². The van der Waals surface area contributed by atoms with Gasteiger partial charge in [-0.1, -0.05) is 6.92 Å². The van der Waals surface area contributed by atoms with Gasteiger partial charge in [0.05, 0.1) is 11.9 Å². The van der Waals surface area contributed by atoms with Crippen LogP contribution in [0.25, 0.3) is 0 Å². The second-order valence-electron chi connectivity index (χ2n) is 5.37. The average Bonchev–Trinajstić information content (AvgIpc) is 2.39. The molecule has 0 aromatic carbocycles. The van der Waals surface area contributed by atoms with Gasteiger partial charge in [-0.25, -0.2) is 4.98 Å². The molecule has 0 bridgehead atoms. The van der Waals surface area contributed by atoms with E-state index in [0.717, 1.165) is 24.5 Å². The highest BCUT2D eigenvalue weighted by Crippen LogP contribution is 2.26. The van der Waals surface area contributed by atoms with Crippen LogP contribution in [-0.2, 0) is 0 Å². The van der Waals surface area contributed by atoms with Crippen LogP contribution in [0.5, 0.6) is 0 Å². The summed E-state index contributed by atoms with van der Waals surface area (Å²) in [7, 11) is 1.88. The topological polar surface area (TPSA) is 46.1 Å². The standard InChI is InChI=1S/C14H21N3O/c1-10-4-6-12(7-5-10)17(3)14(18)13-9-15-11(2)8-16-13/h8-10,12H,4-7H2,1-3H3. The zero-order valence-electron chi connectivity index (χ0n) is 11.4. The number of aromatic nitrogens is 2. The molecule has 0 N–H and O–H groups in total. The van der Waals surface area contributed by atoms with Gasteiger partial charge in [-0.05, 0) is 38.5 Å². The quantitative estimate of drug-likeness (QED) is 0.806. The minimum Gasteiger partial charge on any atom is -0.337 e. The third-order valence-corrected chi connectivity index (χ3v) is 3.85. The van der Waals surface area contributed by atoms with Gasteiger partial charge in [0.2, 0.25) is 0 Å². The lowest BCUT2D eigenvalue weighted by atomic mass is 9.86. The molecule has 98 valence electrons. The van der Waals surface area contributed by atoms with Crippen molar-refractivity contribution in [3.05, 3.63) is 23.8 Å². The van der Waals surface area contributed by atoms with Gasteiger partial charge in [-0.3, -0.25) is 9.78 Å². The summed E-state index contributed by atoms with van der Waals surface area (Å²) in [6.45, 7) is 4.15. The lowest BCUT2D eigenvalue weighted by molar-refractivity contribution is 0.0673. The van der Waals surface area contributed by atoms with E-state index < -0.39 is 0 Å². The number of rotatable bonds is 2. The van der Waals surface area contributed by atoms with Crippen LogP contribution in [0, 0.1) is 12.8 Å². The fourth-order valence-electron chi connectivity index (χ4n) is 2.48. The van der Waals surface area contributed by atoms with Crippen molar-refractivity contribution in [3.8, 4) is 0 Å². The molecule has 1 saturated carbocycles. The zero-order valence-corrected chi connectivity index (χ0v) is 11.4. The minimum absolute atomic E-state index is 0.0120. The summed E-state index contributed by atoms with van der Waals surface area (Å²) in [6, 6.07) is 0.358. The van der Waals surface area contributed by atoms with E-state index in [4.69, 9.17) is 0 Å². The molecule has 4 heteroatoms. The molecule has 4 nitrogen and oxygen atoms in total. The van der Waals surface area contributed by atoms with E-state index in [2.05, 4.69) is 16.9 Å². The largest absolute Gasteiger partial charge is 0.337 e. The molecule has 0 saturated heterocycles. The maximum atomic E-state index is 12.3. The SMILES string of the molecule is Cc1cnc(C(=O)N(C)C2CCC(C)CC2)cn1. The van der Waals surface area contributed by atoms with Crippen LogP contribution in [0.3, 0.4) is 0 Å². The number of amides is 1. The molecule has 1 aromatic rings. The summed E-state index contributed by atoms with van der Waals surface area (Å²) in [5.41, 5.74) is 1.28. The highest BCUT2D eigenvalue weighted by atomic mass is 16.2. The molecule has 18 heavy (non-hydrogen) atoms. The van der Waals surface area contributed by atoms with E-state index in [-0.39, 0.29) is 5.91 Å². The fraction of sp³-hybridized carbons (Fsp3) is 0.643. The summed E-state index contributed by atoms with van der Waals surface area (Å²) in [5, 5.41) is 0. The summed E-state index contributed by atoms with van der Waals surface area (Å²) in [4.78, 5) is 22.4. The lowest BCUT2D eigenvalue weighted by Crippen LogP contribution is -2.39. The van der Waals surface area contributed by atoms with Crippen LogP contribution >= 0.6 is 0 Å². The Labute approximate surface area is 108 Å². The zero-order chi connectivity index (χ0) is 13.1. The minimum atomic E-state index is -0.0120. The smallest absolute Gasteiger partial charge is 0.274 e. The Balaban J connectivity index is 2.02. The number of hydrogen-bond acceptors (Lipinski definition) is 3. The fourth-order valence-corrected chi connectivity index (χ4v) is 2.48. The van der Waals surface area contributed by atoms with Gasteiger partial charge in [-0.15, -0.1) is 0 Å². The van der Waals surface area contributed by atoms with Crippen molar-refractivity contribution in [2.45, 2.75) is 45.6 Å². The van der Waals surface area contributed by atoms with Crippen LogP contribution in [0.1, 0.15) is 48.8 Å². The van der Waals surface area contributed by atoms with Crippen molar-refractivity contribution in [2.75, 3.05) is 7.05 Å². The highest BCUT2D eigenvalue weighted by molar-refractivity contribution is 5.92. The lowest BCUT2D eigenvalue weighted by Gasteiger charge is -2.33. The van der Waals surface area contributed by atoms with Crippen LogP contribution in [0.15, 0.2) is 12.4 Å². The number of carbonyl (C=O) groups excluding carboxylic acids is 1. The van der Waals surface area contributed by atoms with Crippen molar-refractivity contribution in [1.82, 2.24) is 14.9 Å². The first kappa shape index (κ1) is 13.0. The molecule has 0 spiro atoms. The first-order valence-corrected chi connectivity index (χ1v) is 6.63. The summed E-state index contributed by atoms with van der Waals surface area (Å²) in [5.74, 6) is 0.783. The second-order valence-corrected chi connectivity index (χ2v) is 5.37. The Hall–Kier alpha value is -1.45. The van der Waals surface area contributed by atoms with E-state index in [1.807, 2.05) is 18.9 Å². The number of aryl methyl sites for hydroxylation is 1. The Kier molecular flexibility index (Phi) is 3.94. The van der Waals surface area contributed by atoms with Crippen molar-refractivity contribution < 1.29 is 4.79 Å². The molecule has 0 atom stereocenters. The van der Waals surface area contributed by atoms with Gasteiger partial charge in [0.1, 0.15) is 5.69 Å². The number of hydrogen-bond donors (Lipinski definition) is 0. The molecule has 0 unspecified atom stereocenters. The number of carbonyl (C=O) groups is 1. The Morgan fingerprint density at radius 1 is 1.22 bits per heavy atom. The maximum absolute atomic E-state index is 12.3. The van der Waals surface area contributed by atoms with Gasteiger partial charge in [-0.2, -0.15) is 0 Å². The molecule has 1 fully saturated rings. The highest BCUT2D eigenvalue weighted by Gasteiger charge is 2.26. The second kappa shape index (κ2) is 5.46. The first-order chi connectivity index (χ1) is 8.58. The Bertz CT molecular complexity index is 408. The van der Waals surface area contributed by atoms with Crippen LogP contribution < -0.4 is 0 Å². The van der Waals surface area contributed by atoms with Crippen LogP contribution in [0.2, 0.25) is 0 Å². The molecular weight excluding hydrogens is 226 g/mol. The van der Waals surface area contributed by atoms with E-state index in [9.17, 15) is 4.79 Å². The van der Waals surface area contributed by atoms with Crippen molar-refractivity contribution in [3.63, 3.8) is 0 Å². The predicted octanol–water partition coefficient (Wildman–Crippen LogP) is 2.44. The average molecular weight is 247 g/mol. The molecule has 0 radical (unpaired) electrons. The normalized spacial score (nSPS) is 23.7. The predicted molar refractivity (Wildman–Crippen MR) is 70.3 cm³/mol. The molecule has 2 rings (SSSR count). The third kappa shape index (κ3) is 2.86. The maximum Gasteiger partial charge on any atom is 0.274 e. The Morgan fingerprint density at radius 3 is 2.44 bits per heavy atom. The van der Waals surface area contributed by atoms with Gasteiger partial charge in [0, 0.05) is 19.3 Å². The summed E-state index contributed by atoms with van der Waals surface area (Å²) in [6.07, 6.45) is 7.83. The summed E-state index contributed by atoms with van der Waals surface area (Å²) < 4.78 is 0. The summed E-state index contributed by atoms with van der Waals surface area (Å²) >= 11 is 0. The van der Waals surface area contributed by atoms with E-state index >= 15 is 0 Å². The van der Waals surface area contributed by atoms with E-state index in [0.29, 0.717) is 11.7 Å². The molecule has 1 aromatic heterocycles. The molecule has 1 aliphatic carbocycles. The molecule has 1 heterocycles. The van der Waals surface area contributed by atoms with Crippen molar-refractivity contribution >= 4 is 5.91 Å². The first-order valence-electron chi connectivity index (χ1n) is 6.63. The Morgan fingerprint density at radius 2 is 1.89 bits per heavy atom. The third-order valence-electron chi connectivity index (χ3n) is 3.85. The van der Waals surface area contributed by atoms with Crippen molar-refractivity contribution in [2.24, 2.45) is 5.92 Å². The van der Waals surface area contributed by atoms with Gasteiger partial charge in [0.15, 0.2) is 0 Å². The van der Waals surface area contributed by atoms with E-state index in [1.54, 1.807) is 12.4 Å². The monoisotopic (exact) mass is 247 g/mol.